The van der Waals surface area contributed by atoms with Crippen molar-refractivity contribution in [3.8, 4) is 0 Å². The van der Waals surface area contributed by atoms with Crippen molar-refractivity contribution in [2.45, 2.75) is 56.7 Å². The number of hydrogen-bond donors (Lipinski definition) is 0. The Hall–Kier alpha value is -2.46. The lowest BCUT2D eigenvalue weighted by molar-refractivity contribution is -0.0817. The lowest BCUT2D eigenvalue weighted by atomic mass is 9.93. The van der Waals surface area contributed by atoms with Crippen molar-refractivity contribution in [3.63, 3.8) is 0 Å². The van der Waals surface area contributed by atoms with Crippen LogP contribution in [0.5, 0.6) is 0 Å². The first kappa shape index (κ1) is 28.1. The van der Waals surface area contributed by atoms with Gasteiger partial charge in [0.05, 0.1) is 37.6 Å². The maximum Gasteiger partial charge on any atom is 0.162 e. The van der Waals surface area contributed by atoms with Gasteiger partial charge in [-0.2, -0.15) is 0 Å². The Morgan fingerprint density at radius 3 is 2.18 bits per heavy atom. The summed E-state index contributed by atoms with van der Waals surface area (Å²) in [4.78, 5) is 0. The summed E-state index contributed by atoms with van der Waals surface area (Å²) in [6.45, 7) is 1.26. The summed E-state index contributed by atoms with van der Waals surface area (Å²) >= 11 is 1.98. The largest absolute Gasteiger partial charge is 0.374 e. The minimum absolute atomic E-state index is 0.00669. The molecule has 1 unspecified atom stereocenters. The Morgan fingerprint density at radius 1 is 0.872 bits per heavy atom. The summed E-state index contributed by atoms with van der Waals surface area (Å²) in [5, 5.41) is 0. The molecule has 1 fully saturated rings. The van der Waals surface area contributed by atoms with E-state index in [4.69, 9.17) is 14.2 Å². The smallest absolute Gasteiger partial charge is 0.162 e. The first-order chi connectivity index (χ1) is 18.9. The summed E-state index contributed by atoms with van der Waals surface area (Å²) in [7, 11) is 0. The van der Waals surface area contributed by atoms with Crippen molar-refractivity contribution in [2.75, 3.05) is 6.61 Å². The van der Waals surface area contributed by atoms with E-state index >= 15 is 0 Å². The van der Waals surface area contributed by atoms with E-state index in [9.17, 15) is 13.2 Å². The predicted octanol–water partition coefficient (Wildman–Crippen LogP) is 8.48. The molecule has 0 N–H and O–H groups in total. The summed E-state index contributed by atoms with van der Waals surface area (Å²) in [6, 6.07) is 24.3. The second kappa shape index (κ2) is 12.8. The molecule has 2 aliphatic carbocycles. The second-order valence-corrected chi connectivity index (χ2v) is 11.3. The standard InChI is InChI=1S/C32H30F3IO3/c33-29-15-24(36)11-12-27(29)28-16-25(17-30(34)31(28)35)39-32(13-14-32)18-26(38-20-23-9-5-2-6-10-23)21-37-19-22-7-3-1-4-8-22/h1-12,15,17,25-26H,13-14,16,18-21H2/t25-,26?/m1/s1. The highest BCUT2D eigenvalue weighted by Crippen LogP contribution is 2.47. The van der Waals surface area contributed by atoms with E-state index in [0.717, 1.165) is 30.0 Å². The molecule has 39 heavy (non-hydrogen) atoms. The van der Waals surface area contributed by atoms with Crippen molar-refractivity contribution in [1.29, 1.82) is 0 Å². The van der Waals surface area contributed by atoms with Crippen molar-refractivity contribution in [2.24, 2.45) is 0 Å². The van der Waals surface area contributed by atoms with Crippen LogP contribution in [0.3, 0.4) is 0 Å². The average Bonchev–Trinajstić information content (AvgIpc) is 3.69. The minimum Gasteiger partial charge on any atom is -0.374 e. The van der Waals surface area contributed by atoms with Crippen LogP contribution < -0.4 is 0 Å². The Kier molecular flexibility index (Phi) is 9.22. The first-order valence-electron chi connectivity index (χ1n) is 13.1. The normalized spacial score (nSPS) is 19.1. The zero-order valence-corrected chi connectivity index (χ0v) is 23.6. The molecule has 7 heteroatoms. The van der Waals surface area contributed by atoms with Gasteiger partial charge in [-0.3, -0.25) is 0 Å². The molecule has 0 aromatic heterocycles. The predicted molar refractivity (Wildman–Crippen MR) is 154 cm³/mol. The monoisotopic (exact) mass is 646 g/mol. The van der Waals surface area contributed by atoms with E-state index in [0.29, 0.717) is 29.8 Å². The van der Waals surface area contributed by atoms with Crippen LogP contribution in [0, 0.1) is 9.39 Å². The van der Waals surface area contributed by atoms with Crippen LogP contribution in [0.2, 0.25) is 0 Å². The van der Waals surface area contributed by atoms with Crippen LogP contribution in [-0.4, -0.2) is 24.4 Å². The van der Waals surface area contributed by atoms with E-state index in [1.54, 1.807) is 6.07 Å². The molecule has 0 aliphatic heterocycles. The van der Waals surface area contributed by atoms with Gasteiger partial charge in [-0.15, -0.1) is 0 Å². The Balaban J connectivity index is 1.25. The Morgan fingerprint density at radius 2 is 1.54 bits per heavy atom. The molecule has 0 heterocycles. The maximum atomic E-state index is 14.8. The highest BCUT2D eigenvalue weighted by Gasteiger charge is 2.48. The van der Waals surface area contributed by atoms with Gasteiger partial charge >= 0.3 is 0 Å². The number of hydrogen-bond acceptors (Lipinski definition) is 3. The van der Waals surface area contributed by atoms with Crippen LogP contribution in [0.15, 0.2) is 96.6 Å². The maximum absolute atomic E-state index is 14.8. The molecule has 3 aromatic rings. The minimum atomic E-state index is -1.03. The van der Waals surface area contributed by atoms with E-state index in [1.165, 1.54) is 12.1 Å². The van der Waals surface area contributed by atoms with Crippen LogP contribution in [0.1, 0.15) is 42.4 Å². The van der Waals surface area contributed by atoms with Gasteiger partial charge in [0.25, 0.3) is 0 Å². The Labute approximate surface area is 240 Å². The summed E-state index contributed by atoms with van der Waals surface area (Å²) < 4.78 is 63.4. The van der Waals surface area contributed by atoms with Crippen LogP contribution in [0.25, 0.3) is 5.57 Å². The van der Waals surface area contributed by atoms with Gasteiger partial charge in [0.2, 0.25) is 0 Å². The van der Waals surface area contributed by atoms with Gasteiger partial charge in [0.15, 0.2) is 11.7 Å². The van der Waals surface area contributed by atoms with Crippen molar-refractivity contribution < 1.29 is 27.4 Å². The van der Waals surface area contributed by atoms with Gasteiger partial charge in [0, 0.05) is 27.5 Å². The highest BCUT2D eigenvalue weighted by molar-refractivity contribution is 14.1. The summed E-state index contributed by atoms with van der Waals surface area (Å²) in [5.41, 5.74) is 1.66. The molecule has 0 saturated heterocycles. The molecule has 0 amide bonds. The van der Waals surface area contributed by atoms with Crippen molar-refractivity contribution in [1.82, 2.24) is 0 Å². The van der Waals surface area contributed by atoms with E-state index < -0.39 is 29.2 Å². The van der Waals surface area contributed by atoms with Crippen LogP contribution in [0.4, 0.5) is 13.2 Å². The molecule has 2 aliphatic rings. The van der Waals surface area contributed by atoms with Gasteiger partial charge in [-0.25, -0.2) is 13.2 Å². The molecule has 5 rings (SSSR count). The third-order valence-electron chi connectivity index (χ3n) is 7.02. The van der Waals surface area contributed by atoms with E-state index in [2.05, 4.69) is 0 Å². The zero-order valence-electron chi connectivity index (χ0n) is 21.4. The quantitative estimate of drug-likeness (QED) is 0.185. The first-order valence-corrected chi connectivity index (χ1v) is 14.2. The summed E-state index contributed by atoms with van der Waals surface area (Å²) in [6.07, 6.45) is 2.37. The number of halogens is 4. The lowest BCUT2D eigenvalue weighted by Crippen LogP contribution is -2.32. The third-order valence-corrected chi connectivity index (χ3v) is 7.69. The fourth-order valence-corrected chi connectivity index (χ4v) is 5.30. The van der Waals surface area contributed by atoms with Crippen LogP contribution in [-0.2, 0) is 27.4 Å². The molecular formula is C32H30F3IO3. The molecule has 2 atom stereocenters. The molecular weight excluding hydrogens is 616 g/mol. The molecule has 1 saturated carbocycles. The van der Waals surface area contributed by atoms with Crippen molar-refractivity contribution in [3.05, 3.63) is 123 Å². The van der Waals surface area contributed by atoms with Crippen molar-refractivity contribution >= 4 is 28.2 Å². The zero-order chi connectivity index (χ0) is 27.2. The molecule has 0 spiro atoms. The number of benzene rings is 3. The van der Waals surface area contributed by atoms with Crippen LogP contribution >= 0.6 is 22.6 Å². The number of ether oxygens (including phenoxy) is 3. The fourth-order valence-electron chi connectivity index (χ4n) is 4.85. The molecule has 3 nitrogen and oxygen atoms in total. The highest BCUT2D eigenvalue weighted by atomic mass is 127. The molecule has 0 radical (unpaired) electrons. The van der Waals surface area contributed by atoms with Gasteiger partial charge in [0.1, 0.15) is 5.82 Å². The third kappa shape index (κ3) is 7.60. The number of rotatable bonds is 12. The van der Waals surface area contributed by atoms with Gasteiger partial charge < -0.3 is 14.2 Å². The molecule has 0 bridgehead atoms. The number of allylic oxidation sites excluding steroid dienone is 2. The van der Waals surface area contributed by atoms with Gasteiger partial charge in [-0.05, 0) is 64.8 Å². The molecule has 204 valence electrons. The average molecular weight is 646 g/mol. The topological polar surface area (TPSA) is 27.7 Å². The Bertz CT molecular complexity index is 1320. The molecule has 3 aromatic carbocycles. The summed E-state index contributed by atoms with van der Waals surface area (Å²) in [5.74, 6) is -2.62. The van der Waals surface area contributed by atoms with Gasteiger partial charge in [-0.1, -0.05) is 66.7 Å². The lowest BCUT2D eigenvalue weighted by Gasteiger charge is -2.29. The second-order valence-electron chi connectivity index (χ2n) is 10.1. The van der Waals surface area contributed by atoms with E-state index in [1.807, 2.05) is 83.3 Å². The van der Waals surface area contributed by atoms with E-state index in [-0.39, 0.29) is 23.7 Å². The SMILES string of the molecule is FC1=C[C@H](OC2(CC(COCc3ccccc3)OCc3ccccc3)CC2)CC(c2ccc(I)cc2F)=C1F. The fraction of sp³-hybridized carbons (Fsp3) is 0.312.